The largest absolute Gasteiger partial charge is 0.508 e. The molecule has 2 rings (SSSR count). The second kappa shape index (κ2) is 6.00. The Hall–Kier alpha value is -2.95. The van der Waals surface area contributed by atoms with Gasteiger partial charge in [0.05, 0.1) is 5.56 Å². The molecule has 110 valence electrons. The number of phenols is 4. The van der Waals surface area contributed by atoms with Gasteiger partial charge in [0, 0.05) is 11.6 Å². The number of rotatable bonds is 3. The Kier molecular flexibility index (Phi) is 4.60. The molecule has 0 saturated carbocycles. The number of aromatic hydroxyl groups is 4. The molecule has 4 N–H and O–H groups in total. The molecule has 0 aliphatic heterocycles. The van der Waals surface area contributed by atoms with Crippen LogP contribution in [0.5, 0.6) is 23.0 Å². The second-order valence-electron chi connectivity index (χ2n) is 4.21. The van der Waals surface area contributed by atoms with Crippen molar-refractivity contribution in [3.8, 4) is 23.0 Å². The average molecular weight is 288 g/mol. The van der Waals surface area contributed by atoms with Gasteiger partial charge in [0.25, 0.3) is 0 Å². The normalized spacial score (nSPS) is 9.71. The highest BCUT2D eigenvalue weighted by Crippen LogP contribution is 2.31. The minimum absolute atomic E-state index is 0. The summed E-state index contributed by atoms with van der Waals surface area (Å²) in [6, 6.07) is 7.46. The van der Waals surface area contributed by atoms with Crippen LogP contribution in [0.25, 0.3) is 5.57 Å². The lowest BCUT2D eigenvalue weighted by Crippen LogP contribution is -2.02. The van der Waals surface area contributed by atoms with Crippen LogP contribution in [-0.4, -0.2) is 26.2 Å². The first kappa shape index (κ1) is 16.1. The molecular formula is C16H16O5. The van der Waals surface area contributed by atoms with Crippen LogP contribution < -0.4 is 0 Å². The molecule has 5 nitrogen and oxygen atoms in total. The highest BCUT2D eigenvalue weighted by Gasteiger charge is 2.17. The van der Waals surface area contributed by atoms with Gasteiger partial charge in [-0.2, -0.15) is 0 Å². The number of carbonyl (C=O) groups excluding carboxylic acids is 1. The molecule has 0 fully saturated rings. The molecule has 0 amide bonds. The molecule has 5 heteroatoms. The van der Waals surface area contributed by atoms with Gasteiger partial charge in [-0.3, -0.25) is 4.79 Å². The zero-order valence-electron chi connectivity index (χ0n) is 10.4. The Morgan fingerprint density at radius 1 is 0.857 bits per heavy atom. The maximum atomic E-state index is 12.2. The van der Waals surface area contributed by atoms with E-state index in [0.717, 1.165) is 6.07 Å². The summed E-state index contributed by atoms with van der Waals surface area (Å²) in [4.78, 5) is 12.2. The first-order valence-electron chi connectivity index (χ1n) is 5.68. The van der Waals surface area contributed by atoms with E-state index in [4.69, 9.17) is 0 Å². The number of Topliss-reactive ketones (excluding diaryl/α,β-unsaturated/α-hetero) is 1. The fourth-order valence-corrected chi connectivity index (χ4v) is 1.72. The maximum Gasteiger partial charge on any atom is 0.196 e. The van der Waals surface area contributed by atoms with Crippen LogP contribution in [0.1, 0.15) is 23.3 Å². The van der Waals surface area contributed by atoms with E-state index in [2.05, 4.69) is 6.58 Å². The lowest BCUT2D eigenvalue weighted by Gasteiger charge is -2.08. The molecule has 0 saturated heterocycles. The Morgan fingerprint density at radius 2 is 1.52 bits per heavy atom. The van der Waals surface area contributed by atoms with Crippen molar-refractivity contribution in [2.75, 3.05) is 0 Å². The number of hydrogen-bond donors (Lipinski definition) is 4. The number of phenolic OH excluding ortho intramolecular Hbond substituents is 4. The molecule has 21 heavy (non-hydrogen) atoms. The van der Waals surface area contributed by atoms with Gasteiger partial charge in [-0.05, 0) is 29.8 Å². The number of carbonyl (C=O) groups is 1. The molecule has 0 aliphatic rings. The highest BCUT2D eigenvalue weighted by atomic mass is 16.3. The Labute approximate surface area is 122 Å². The van der Waals surface area contributed by atoms with E-state index in [1.54, 1.807) is 0 Å². The molecule has 0 atom stereocenters. The van der Waals surface area contributed by atoms with Gasteiger partial charge in [0.1, 0.15) is 11.5 Å². The third kappa shape index (κ3) is 3.14. The van der Waals surface area contributed by atoms with Crippen LogP contribution in [0.4, 0.5) is 0 Å². The van der Waals surface area contributed by atoms with Crippen LogP contribution in [0, 0.1) is 0 Å². The van der Waals surface area contributed by atoms with E-state index < -0.39 is 5.78 Å². The number of hydrogen-bond acceptors (Lipinski definition) is 5. The van der Waals surface area contributed by atoms with Crippen molar-refractivity contribution in [2.45, 2.75) is 7.43 Å². The van der Waals surface area contributed by atoms with E-state index >= 15 is 0 Å². The third-order valence-electron chi connectivity index (χ3n) is 2.82. The molecule has 0 unspecified atom stereocenters. The summed E-state index contributed by atoms with van der Waals surface area (Å²) in [5, 5.41) is 37.5. The van der Waals surface area contributed by atoms with Crippen molar-refractivity contribution in [2.24, 2.45) is 0 Å². The summed E-state index contributed by atoms with van der Waals surface area (Å²) in [6.07, 6.45) is 0. The van der Waals surface area contributed by atoms with Crippen molar-refractivity contribution < 1.29 is 25.2 Å². The van der Waals surface area contributed by atoms with Gasteiger partial charge >= 0.3 is 0 Å². The lowest BCUT2D eigenvalue weighted by atomic mass is 9.97. The van der Waals surface area contributed by atoms with E-state index in [9.17, 15) is 25.2 Å². The van der Waals surface area contributed by atoms with Crippen molar-refractivity contribution in [1.29, 1.82) is 0 Å². The minimum atomic E-state index is -0.549. The standard InChI is InChI=1S/C15H12O5.CH4/c1-8(9-2-5-12(17)14(19)6-9)15(20)11-4-3-10(16)7-13(11)18;/h2-7,16-19H,1H2;1H4. The van der Waals surface area contributed by atoms with Crippen molar-refractivity contribution in [3.05, 3.63) is 54.1 Å². The van der Waals surface area contributed by atoms with Gasteiger partial charge in [-0.1, -0.05) is 20.1 Å². The molecule has 0 heterocycles. The summed E-state index contributed by atoms with van der Waals surface area (Å²) in [5.74, 6) is -1.74. The molecule has 0 spiro atoms. The first-order valence-corrected chi connectivity index (χ1v) is 5.68. The van der Waals surface area contributed by atoms with Gasteiger partial charge < -0.3 is 20.4 Å². The molecule has 0 aliphatic carbocycles. The minimum Gasteiger partial charge on any atom is -0.508 e. The summed E-state index contributed by atoms with van der Waals surface area (Å²) in [5.41, 5.74) is 0.347. The van der Waals surface area contributed by atoms with Crippen LogP contribution in [0.15, 0.2) is 43.0 Å². The van der Waals surface area contributed by atoms with E-state index in [1.807, 2.05) is 0 Å². The predicted molar refractivity (Wildman–Crippen MR) is 79.6 cm³/mol. The van der Waals surface area contributed by atoms with E-state index in [-0.39, 0.29) is 41.6 Å². The van der Waals surface area contributed by atoms with Gasteiger partial charge in [-0.15, -0.1) is 0 Å². The van der Waals surface area contributed by atoms with E-state index in [1.165, 1.54) is 30.3 Å². The van der Waals surface area contributed by atoms with Crippen LogP contribution >= 0.6 is 0 Å². The summed E-state index contributed by atoms with van der Waals surface area (Å²) in [6.45, 7) is 3.62. The topological polar surface area (TPSA) is 98.0 Å². The number of benzene rings is 2. The molecule has 2 aromatic rings. The summed E-state index contributed by atoms with van der Waals surface area (Å²) in [7, 11) is 0. The molecule has 2 aromatic carbocycles. The predicted octanol–water partition coefficient (Wildman–Crippen LogP) is 3.04. The number of allylic oxidation sites excluding steroid dienone is 1. The third-order valence-corrected chi connectivity index (χ3v) is 2.82. The SMILES string of the molecule is C.C=C(C(=O)c1ccc(O)cc1O)c1ccc(O)c(O)c1. The summed E-state index contributed by atoms with van der Waals surface area (Å²) >= 11 is 0. The van der Waals surface area contributed by atoms with Gasteiger partial charge in [0.2, 0.25) is 0 Å². The molecular weight excluding hydrogens is 272 g/mol. The quantitative estimate of drug-likeness (QED) is 0.395. The second-order valence-corrected chi connectivity index (χ2v) is 4.21. The lowest BCUT2D eigenvalue weighted by molar-refractivity contribution is 0.105. The fourth-order valence-electron chi connectivity index (χ4n) is 1.72. The molecule has 0 aromatic heterocycles. The Morgan fingerprint density at radius 3 is 2.10 bits per heavy atom. The zero-order chi connectivity index (χ0) is 14.9. The first-order chi connectivity index (χ1) is 9.40. The van der Waals surface area contributed by atoms with Crippen molar-refractivity contribution >= 4 is 11.4 Å². The molecule has 0 bridgehead atoms. The average Bonchev–Trinajstić information content (AvgIpc) is 2.40. The van der Waals surface area contributed by atoms with Crippen LogP contribution in [-0.2, 0) is 0 Å². The smallest absolute Gasteiger partial charge is 0.196 e. The van der Waals surface area contributed by atoms with Crippen LogP contribution in [0.2, 0.25) is 0 Å². The number of ketones is 1. The molecule has 0 radical (unpaired) electrons. The van der Waals surface area contributed by atoms with Gasteiger partial charge in [0.15, 0.2) is 17.3 Å². The van der Waals surface area contributed by atoms with Crippen molar-refractivity contribution in [1.82, 2.24) is 0 Å². The Balaban J connectivity index is 0.00000220. The van der Waals surface area contributed by atoms with Crippen LogP contribution in [0.3, 0.4) is 0 Å². The van der Waals surface area contributed by atoms with Crippen molar-refractivity contribution in [3.63, 3.8) is 0 Å². The zero-order valence-corrected chi connectivity index (χ0v) is 10.4. The van der Waals surface area contributed by atoms with Gasteiger partial charge in [-0.25, -0.2) is 0 Å². The fraction of sp³-hybridized carbons (Fsp3) is 0.0625. The van der Waals surface area contributed by atoms with E-state index in [0.29, 0.717) is 5.56 Å². The Bertz CT molecular complexity index is 704. The summed E-state index contributed by atoms with van der Waals surface area (Å²) < 4.78 is 0. The monoisotopic (exact) mass is 288 g/mol. The highest BCUT2D eigenvalue weighted by molar-refractivity contribution is 6.29. The maximum absolute atomic E-state index is 12.2.